The van der Waals surface area contributed by atoms with Gasteiger partial charge >= 0.3 is 0 Å². The van der Waals surface area contributed by atoms with Crippen molar-refractivity contribution in [1.82, 2.24) is 4.98 Å². The van der Waals surface area contributed by atoms with E-state index in [1.54, 1.807) is 6.20 Å². The maximum absolute atomic E-state index is 6.23. The van der Waals surface area contributed by atoms with Crippen LogP contribution in [0.25, 0.3) is 10.9 Å². The molecule has 0 bridgehead atoms. The lowest BCUT2D eigenvalue weighted by Crippen LogP contribution is -2.33. The minimum atomic E-state index is 0.551. The number of fused-ring (bicyclic) bond motifs is 1. The van der Waals surface area contributed by atoms with E-state index in [2.05, 4.69) is 35.0 Å². The van der Waals surface area contributed by atoms with Crippen molar-refractivity contribution in [1.29, 1.82) is 0 Å². The molecule has 3 heteroatoms. The summed E-state index contributed by atoms with van der Waals surface area (Å²) < 4.78 is 0. The van der Waals surface area contributed by atoms with Crippen molar-refractivity contribution in [2.45, 2.75) is 38.6 Å². The smallest absolute Gasteiger partial charge is 0.0745 e. The molecule has 1 saturated heterocycles. The Morgan fingerprint density at radius 3 is 2.95 bits per heavy atom. The molecule has 0 saturated carbocycles. The van der Waals surface area contributed by atoms with Crippen LogP contribution in [0.2, 0.25) is 0 Å². The van der Waals surface area contributed by atoms with Gasteiger partial charge in [-0.1, -0.05) is 31.0 Å². The van der Waals surface area contributed by atoms with Crippen LogP contribution in [0, 0.1) is 0 Å². The maximum Gasteiger partial charge on any atom is 0.0745 e. The molecule has 2 heterocycles. The molecule has 0 aliphatic carbocycles. The number of nitrogen functional groups attached to an aromatic ring is 1. The molecule has 0 radical (unpaired) electrons. The zero-order valence-corrected chi connectivity index (χ0v) is 11.5. The molecule has 1 atom stereocenters. The third-order valence-electron chi connectivity index (χ3n) is 4.12. The number of hydrogen-bond acceptors (Lipinski definition) is 3. The number of pyridine rings is 1. The minimum absolute atomic E-state index is 0.551. The van der Waals surface area contributed by atoms with Crippen LogP contribution in [0.3, 0.4) is 0 Å². The van der Waals surface area contributed by atoms with E-state index in [-0.39, 0.29) is 0 Å². The lowest BCUT2D eigenvalue weighted by molar-refractivity contribution is 0.618. The molecule has 2 aromatic rings. The zero-order valence-electron chi connectivity index (χ0n) is 11.5. The fourth-order valence-corrected chi connectivity index (χ4v) is 3.07. The Morgan fingerprint density at radius 1 is 1.21 bits per heavy atom. The fourth-order valence-electron chi connectivity index (χ4n) is 3.07. The largest absolute Gasteiger partial charge is 0.396 e. The van der Waals surface area contributed by atoms with Crippen LogP contribution in [0.4, 0.5) is 11.4 Å². The highest BCUT2D eigenvalue weighted by molar-refractivity contribution is 5.97. The van der Waals surface area contributed by atoms with Gasteiger partial charge in [-0.3, -0.25) is 4.98 Å². The Hall–Kier alpha value is -1.77. The summed E-state index contributed by atoms with van der Waals surface area (Å²) in [4.78, 5) is 6.91. The molecule has 100 valence electrons. The summed E-state index contributed by atoms with van der Waals surface area (Å²) in [7, 11) is 0. The SMILES string of the molecule is CC1CCCCCN1c1c(N)cnc2ccccc12. The second kappa shape index (κ2) is 5.08. The van der Waals surface area contributed by atoms with Crippen LogP contribution >= 0.6 is 0 Å². The highest BCUT2D eigenvalue weighted by atomic mass is 15.2. The summed E-state index contributed by atoms with van der Waals surface area (Å²) in [5.74, 6) is 0. The summed E-state index contributed by atoms with van der Waals surface area (Å²) in [6.45, 7) is 3.40. The van der Waals surface area contributed by atoms with E-state index in [1.807, 2.05) is 6.07 Å². The molecule has 1 aliphatic heterocycles. The van der Waals surface area contributed by atoms with E-state index in [1.165, 1.54) is 36.8 Å². The summed E-state index contributed by atoms with van der Waals surface area (Å²) in [5, 5.41) is 1.18. The number of para-hydroxylation sites is 1. The van der Waals surface area contributed by atoms with Gasteiger partial charge in [-0.05, 0) is 25.8 Å². The molecular weight excluding hydrogens is 234 g/mol. The molecule has 3 rings (SSSR count). The van der Waals surface area contributed by atoms with Gasteiger partial charge in [0.25, 0.3) is 0 Å². The molecule has 0 spiro atoms. The van der Waals surface area contributed by atoms with Gasteiger partial charge in [0, 0.05) is 18.0 Å². The van der Waals surface area contributed by atoms with Crippen LogP contribution in [-0.2, 0) is 0 Å². The predicted octanol–water partition coefficient (Wildman–Crippen LogP) is 3.59. The highest BCUT2D eigenvalue weighted by Crippen LogP contribution is 2.34. The number of hydrogen-bond donors (Lipinski definition) is 1. The number of nitrogens with zero attached hydrogens (tertiary/aromatic N) is 2. The second-order valence-electron chi connectivity index (χ2n) is 5.47. The molecule has 1 unspecified atom stereocenters. The molecule has 0 amide bonds. The zero-order chi connectivity index (χ0) is 13.2. The Kier molecular flexibility index (Phi) is 3.28. The first-order valence-electron chi connectivity index (χ1n) is 7.17. The van der Waals surface area contributed by atoms with Crippen molar-refractivity contribution < 1.29 is 0 Å². The molecule has 2 N–H and O–H groups in total. The Labute approximate surface area is 114 Å². The fraction of sp³-hybridized carbons (Fsp3) is 0.438. The Balaban J connectivity index is 2.14. The lowest BCUT2D eigenvalue weighted by atomic mass is 10.1. The number of aromatic nitrogens is 1. The Morgan fingerprint density at radius 2 is 2.05 bits per heavy atom. The van der Waals surface area contributed by atoms with E-state index in [0.717, 1.165) is 17.7 Å². The predicted molar refractivity (Wildman–Crippen MR) is 81.4 cm³/mol. The first kappa shape index (κ1) is 12.3. The van der Waals surface area contributed by atoms with Crippen LogP contribution in [0.1, 0.15) is 32.6 Å². The third kappa shape index (κ3) is 2.25. The second-order valence-corrected chi connectivity index (χ2v) is 5.47. The molecular formula is C16H21N3. The summed E-state index contributed by atoms with van der Waals surface area (Å²) in [5.41, 5.74) is 9.24. The van der Waals surface area contributed by atoms with Gasteiger partial charge in [0.05, 0.1) is 23.1 Å². The molecule has 1 aliphatic rings. The van der Waals surface area contributed by atoms with E-state index in [4.69, 9.17) is 5.73 Å². The highest BCUT2D eigenvalue weighted by Gasteiger charge is 2.21. The van der Waals surface area contributed by atoms with Crippen molar-refractivity contribution in [3.05, 3.63) is 30.5 Å². The van der Waals surface area contributed by atoms with Crippen molar-refractivity contribution >= 4 is 22.3 Å². The average Bonchev–Trinajstić information content (AvgIpc) is 2.64. The number of rotatable bonds is 1. The van der Waals surface area contributed by atoms with Crippen LogP contribution in [0.15, 0.2) is 30.5 Å². The van der Waals surface area contributed by atoms with Gasteiger partial charge in [0.15, 0.2) is 0 Å². The van der Waals surface area contributed by atoms with E-state index < -0.39 is 0 Å². The third-order valence-corrected chi connectivity index (χ3v) is 4.12. The number of benzene rings is 1. The summed E-state index contributed by atoms with van der Waals surface area (Å²) >= 11 is 0. The van der Waals surface area contributed by atoms with Crippen molar-refractivity contribution in [2.75, 3.05) is 17.2 Å². The topological polar surface area (TPSA) is 42.1 Å². The van der Waals surface area contributed by atoms with Crippen LogP contribution in [-0.4, -0.2) is 17.6 Å². The monoisotopic (exact) mass is 255 g/mol. The van der Waals surface area contributed by atoms with Gasteiger partial charge in [-0.25, -0.2) is 0 Å². The first-order valence-corrected chi connectivity index (χ1v) is 7.17. The van der Waals surface area contributed by atoms with Gasteiger partial charge in [0.2, 0.25) is 0 Å². The standard InChI is InChI=1S/C16H21N3/c1-12-7-3-2-6-10-19(12)16-13-8-4-5-9-15(13)18-11-14(16)17/h4-5,8-9,11-12H,2-3,6-7,10,17H2,1H3. The van der Waals surface area contributed by atoms with Gasteiger partial charge in [0.1, 0.15) is 0 Å². The quantitative estimate of drug-likeness (QED) is 0.846. The van der Waals surface area contributed by atoms with E-state index in [9.17, 15) is 0 Å². The molecule has 1 fully saturated rings. The van der Waals surface area contributed by atoms with Crippen molar-refractivity contribution in [3.8, 4) is 0 Å². The summed E-state index contributed by atoms with van der Waals surface area (Å²) in [6, 6.07) is 8.83. The summed E-state index contributed by atoms with van der Waals surface area (Å²) in [6.07, 6.45) is 6.94. The normalized spacial score (nSPS) is 20.5. The lowest BCUT2D eigenvalue weighted by Gasteiger charge is -2.31. The minimum Gasteiger partial charge on any atom is -0.396 e. The van der Waals surface area contributed by atoms with Gasteiger partial charge in [-0.2, -0.15) is 0 Å². The van der Waals surface area contributed by atoms with Gasteiger partial charge < -0.3 is 10.6 Å². The van der Waals surface area contributed by atoms with E-state index in [0.29, 0.717) is 6.04 Å². The molecule has 1 aromatic heterocycles. The van der Waals surface area contributed by atoms with Gasteiger partial charge in [-0.15, -0.1) is 0 Å². The average molecular weight is 255 g/mol. The number of anilines is 2. The van der Waals surface area contributed by atoms with E-state index >= 15 is 0 Å². The van der Waals surface area contributed by atoms with Crippen molar-refractivity contribution in [2.24, 2.45) is 0 Å². The maximum atomic E-state index is 6.23. The molecule has 1 aromatic carbocycles. The number of nitrogens with two attached hydrogens (primary N) is 1. The first-order chi connectivity index (χ1) is 9.27. The molecule has 19 heavy (non-hydrogen) atoms. The van der Waals surface area contributed by atoms with Crippen LogP contribution < -0.4 is 10.6 Å². The van der Waals surface area contributed by atoms with Crippen molar-refractivity contribution in [3.63, 3.8) is 0 Å². The molecule has 3 nitrogen and oxygen atoms in total. The van der Waals surface area contributed by atoms with Crippen LogP contribution in [0.5, 0.6) is 0 Å². The Bertz CT molecular complexity index is 579.